The molecule has 4 amide bonds. The second-order valence-electron chi connectivity index (χ2n) is 16.4. The van der Waals surface area contributed by atoms with Crippen molar-refractivity contribution in [2.24, 2.45) is 5.92 Å². The molecule has 5 aromatic rings. The zero-order valence-electron chi connectivity index (χ0n) is 33.6. The first-order valence-electron chi connectivity index (χ1n) is 20.9. The minimum atomic E-state index is -0.753. The molecule has 4 saturated heterocycles. The third-order valence-corrected chi connectivity index (χ3v) is 13.3. The van der Waals surface area contributed by atoms with Gasteiger partial charge in [0.2, 0.25) is 11.8 Å². The number of likely N-dealkylation sites (tertiary alicyclic amines) is 1. The van der Waals surface area contributed by atoms with Gasteiger partial charge in [0.25, 0.3) is 11.8 Å². The molecule has 0 bridgehead atoms. The second-order valence-corrected chi connectivity index (χ2v) is 17.2. The molecule has 7 heterocycles. The molecule has 2 aromatic carbocycles. The molecule has 17 heteroatoms. The molecule has 4 fully saturated rings. The fourth-order valence-electron chi connectivity index (χ4n) is 9.12. The van der Waals surface area contributed by atoms with Crippen molar-refractivity contribution in [1.82, 2.24) is 35.3 Å². The zero-order valence-corrected chi connectivity index (χ0v) is 34.5. The van der Waals surface area contributed by atoms with Gasteiger partial charge in [0, 0.05) is 81.8 Å². The van der Waals surface area contributed by atoms with Gasteiger partial charge in [0.05, 0.1) is 52.8 Å². The van der Waals surface area contributed by atoms with Gasteiger partial charge in [-0.25, -0.2) is 9.97 Å². The van der Waals surface area contributed by atoms with E-state index in [2.05, 4.69) is 57.6 Å². The number of hydrogen-bond donors (Lipinski definition) is 4. The van der Waals surface area contributed by atoms with Gasteiger partial charge in [-0.05, 0) is 81.2 Å². The SMILES string of the molecule is COc1cc(N2CCC(CN3CCC(n4cc5cc(NC(=O)c6ccnc7scnc67)c(N6CCC(O)CC6)cc5n4)CC3)CC2)ccc1C(=O)N[C@H]1CCC(=O)NC1=O. The first-order chi connectivity index (χ1) is 29.2. The number of ether oxygens (including phenoxy) is 1. The van der Waals surface area contributed by atoms with Crippen LogP contribution in [0.25, 0.3) is 21.3 Å². The van der Waals surface area contributed by atoms with Crippen LogP contribution in [-0.2, 0) is 9.59 Å². The van der Waals surface area contributed by atoms with Crippen molar-refractivity contribution in [1.29, 1.82) is 0 Å². The number of fused-ring (bicyclic) bond motifs is 2. The Morgan fingerprint density at radius 3 is 2.45 bits per heavy atom. The van der Waals surface area contributed by atoms with Crippen molar-refractivity contribution < 1.29 is 29.0 Å². The van der Waals surface area contributed by atoms with Crippen LogP contribution in [0.15, 0.2) is 54.3 Å². The van der Waals surface area contributed by atoms with E-state index in [0.29, 0.717) is 54.2 Å². The Labute approximate surface area is 351 Å². The van der Waals surface area contributed by atoms with Crippen molar-refractivity contribution >= 4 is 73.3 Å². The molecule has 60 heavy (non-hydrogen) atoms. The van der Waals surface area contributed by atoms with Crippen LogP contribution in [0.3, 0.4) is 0 Å². The summed E-state index contributed by atoms with van der Waals surface area (Å²) < 4.78 is 7.73. The molecule has 314 valence electrons. The average molecular weight is 835 g/mol. The van der Waals surface area contributed by atoms with E-state index in [1.165, 1.54) is 18.4 Å². The Hall–Kier alpha value is -5.65. The van der Waals surface area contributed by atoms with E-state index in [0.717, 1.165) is 91.2 Å². The highest BCUT2D eigenvalue weighted by molar-refractivity contribution is 7.16. The number of amides is 4. The van der Waals surface area contributed by atoms with Crippen LogP contribution in [0, 0.1) is 5.92 Å². The third-order valence-electron chi connectivity index (χ3n) is 12.6. The number of carbonyl (C=O) groups excluding carboxylic acids is 4. The molecular weight excluding hydrogens is 785 g/mol. The lowest BCUT2D eigenvalue weighted by Crippen LogP contribution is -2.52. The van der Waals surface area contributed by atoms with Gasteiger partial charge in [0.1, 0.15) is 22.1 Å². The number of nitrogens with one attached hydrogen (secondary N) is 3. The number of anilines is 3. The Morgan fingerprint density at radius 2 is 1.68 bits per heavy atom. The van der Waals surface area contributed by atoms with Crippen LogP contribution in [0.4, 0.5) is 17.1 Å². The molecule has 16 nitrogen and oxygen atoms in total. The lowest BCUT2D eigenvalue weighted by atomic mass is 9.94. The van der Waals surface area contributed by atoms with E-state index < -0.39 is 17.9 Å². The summed E-state index contributed by atoms with van der Waals surface area (Å²) in [6.45, 7) is 6.26. The van der Waals surface area contributed by atoms with Crippen LogP contribution >= 0.6 is 11.3 Å². The number of imide groups is 1. The van der Waals surface area contributed by atoms with Crippen LogP contribution in [-0.4, -0.2) is 118 Å². The summed E-state index contributed by atoms with van der Waals surface area (Å²) in [5.74, 6) is -0.420. The molecule has 0 unspecified atom stereocenters. The third kappa shape index (κ3) is 8.38. The Balaban J connectivity index is 0.804. The normalized spacial score (nSPS) is 20.1. The van der Waals surface area contributed by atoms with E-state index in [1.54, 1.807) is 23.8 Å². The molecule has 4 aliphatic heterocycles. The average Bonchev–Trinajstić information content (AvgIpc) is 3.92. The van der Waals surface area contributed by atoms with Crippen molar-refractivity contribution in [3.05, 3.63) is 65.4 Å². The van der Waals surface area contributed by atoms with Gasteiger partial charge in [-0.15, -0.1) is 11.3 Å². The maximum Gasteiger partial charge on any atom is 0.258 e. The summed E-state index contributed by atoms with van der Waals surface area (Å²) in [5, 5.41) is 24.5. The monoisotopic (exact) mass is 834 g/mol. The number of methoxy groups -OCH3 is 1. The summed E-state index contributed by atoms with van der Waals surface area (Å²) in [6.07, 6.45) is 9.38. The Bertz CT molecular complexity index is 2410. The van der Waals surface area contributed by atoms with Gasteiger partial charge in [0.15, 0.2) is 0 Å². The smallest absolute Gasteiger partial charge is 0.258 e. The van der Waals surface area contributed by atoms with E-state index in [4.69, 9.17) is 9.84 Å². The number of carbonyl (C=O) groups is 4. The molecule has 4 N–H and O–H groups in total. The van der Waals surface area contributed by atoms with Crippen LogP contribution in [0.2, 0.25) is 0 Å². The summed E-state index contributed by atoms with van der Waals surface area (Å²) >= 11 is 1.41. The fraction of sp³-hybridized carbons (Fsp3) is 0.465. The summed E-state index contributed by atoms with van der Waals surface area (Å²) in [6, 6.07) is 10.9. The van der Waals surface area contributed by atoms with Gasteiger partial charge in [-0.1, -0.05) is 0 Å². The number of piperidine rings is 4. The topological polar surface area (TPSA) is 187 Å². The molecule has 9 rings (SSSR count). The van der Waals surface area contributed by atoms with Crippen molar-refractivity contribution in [2.45, 2.75) is 69.6 Å². The first kappa shape index (κ1) is 39.8. The van der Waals surface area contributed by atoms with Gasteiger partial charge in [-0.2, -0.15) is 5.10 Å². The maximum absolute atomic E-state index is 13.7. The number of pyridine rings is 1. The molecule has 3 aromatic heterocycles. The van der Waals surface area contributed by atoms with Gasteiger partial charge < -0.3 is 35.2 Å². The predicted octanol–water partition coefficient (Wildman–Crippen LogP) is 4.35. The second kappa shape index (κ2) is 17.1. The lowest BCUT2D eigenvalue weighted by Gasteiger charge is -2.38. The van der Waals surface area contributed by atoms with E-state index in [1.807, 2.05) is 18.2 Å². The molecule has 0 aliphatic carbocycles. The van der Waals surface area contributed by atoms with E-state index >= 15 is 0 Å². The molecule has 0 spiro atoms. The highest BCUT2D eigenvalue weighted by atomic mass is 32.1. The fourth-order valence-corrected chi connectivity index (χ4v) is 9.77. The van der Waals surface area contributed by atoms with E-state index in [9.17, 15) is 24.3 Å². The molecular formula is C43H50N10O6S. The number of aliphatic hydroxyl groups is 1. The molecule has 1 atom stereocenters. The number of nitrogens with zero attached hydrogens (tertiary/aromatic N) is 7. The minimum Gasteiger partial charge on any atom is -0.496 e. The molecule has 0 saturated carbocycles. The van der Waals surface area contributed by atoms with Crippen molar-refractivity contribution in [3.8, 4) is 5.75 Å². The maximum atomic E-state index is 13.7. The minimum absolute atomic E-state index is 0.190. The summed E-state index contributed by atoms with van der Waals surface area (Å²) in [5.41, 5.74) is 6.64. The number of aliphatic hydroxyl groups excluding tert-OH is 1. The quantitative estimate of drug-likeness (QED) is 0.146. The predicted molar refractivity (Wildman–Crippen MR) is 229 cm³/mol. The summed E-state index contributed by atoms with van der Waals surface area (Å²) in [4.78, 5) is 67.1. The number of benzene rings is 2. The van der Waals surface area contributed by atoms with E-state index in [-0.39, 0.29) is 36.8 Å². The summed E-state index contributed by atoms with van der Waals surface area (Å²) in [7, 11) is 1.54. The highest BCUT2D eigenvalue weighted by Gasteiger charge is 2.31. The van der Waals surface area contributed by atoms with Crippen molar-refractivity contribution in [3.63, 3.8) is 0 Å². The standard InChI is InChI=1S/C43H50N10O6S/c1-59-37-21-29(2-3-31(37)40(56)46-33-4-5-38(55)48-42(33)58)51-16-7-26(8-17-51)23-50-14-9-28(10-15-50)53-24-27-20-35(36(22-34(27)49-53)52-18-11-30(54)12-19-52)47-41(57)32-6-13-44-43-39(32)45-25-60-43/h2-3,6,13,20-22,24-26,28,30,33,54H,4-5,7-12,14-19,23H2,1H3,(H,46,56)(H,47,57)(H,48,55,58)/t33-/m0/s1. The Morgan fingerprint density at radius 1 is 0.900 bits per heavy atom. The van der Waals surface area contributed by atoms with Crippen LogP contribution in [0.1, 0.15) is 78.1 Å². The lowest BCUT2D eigenvalue weighted by molar-refractivity contribution is -0.134. The largest absolute Gasteiger partial charge is 0.496 e. The first-order valence-corrected chi connectivity index (χ1v) is 21.8. The van der Waals surface area contributed by atoms with Gasteiger partial charge >= 0.3 is 0 Å². The molecule has 0 radical (unpaired) electrons. The van der Waals surface area contributed by atoms with Crippen molar-refractivity contribution in [2.75, 3.05) is 68.0 Å². The Kier molecular flexibility index (Phi) is 11.4. The molecule has 4 aliphatic rings. The van der Waals surface area contributed by atoms with Crippen LogP contribution < -0.4 is 30.5 Å². The highest BCUT2D eigenvalue weighted by Crippen LogP contribution is 2.36. The van der Waals surface area contributed by atoms with Crippen LogP contribution in [0.5, 0.6) is 5.75 Å². The number of rotatable bonds is 10. The zero-order chi connectivity index (χ0) is 41.3. The number of aromatic nitrogens is 4. The van der Waals surface area contributed by atoms with Gasteiger partial charge in [-0.3, -0.25) is 29.2 Å². The number of thiazole rings is 1. The number of hydrogen-bond acceptors (Lipinski definition) is 13.